The first-order valence-electron chi connectivity index (χ1n) is 9.65. The number of aryl methyl sites for hydroxylation is 1. The van der Waals surface area contributed by atoms with Crippen LogP contribution in [-0.2, 0) is 7.05 Å². The molecule has 148 valence electrons. The average Bonchev–Trinajstić information content (AvgIpc) is 3.20. The van der Waals surface area contributed by atoms with Gasteiger partial charge < -0.3 is 16.0 Å². The first kappa shape index (κ1) is 18.8. The van der Waals surface area contributed by atoms with Crippen molar-refractivity contribution in [1.29, 1.82) is 5.26 Å². The summed E-state index contributed by atoms with van der Waals surface area (Å²) in [5.74, 6) is 1.86. The van der Waals surface area contributed by atoms with E-state index in [1.165, 1.54) is 0 Å². The second kappa shape index (κ2) is 8.67. The highest BCUT2D eigenvalue weighted by atomic mass is 15.2. The maximum Gasteiger partial charge on any atom is 0.229 e. The number of nitrogens with zero attached hydrogens (tertiary/aromatic N) is 6. The van der Waals surface area contributed by atoms with Gasteiger partial charge in [-0.05, 0) is 44.0 Å². The van der Waals surface area contributed by atoms with Crippen LogP contribution in [-0.4, -0.2) is 44.4 Å². The van der Waals surface area contributed by atoms with Crippen LogP contribution in [0.15, 0.2) is 36.9 Å². The quantitative estimate of drug-likeness (QED) is 0.588. The molecule has 3 aromatic heterocycles. The molecule has 0 spiro atoms. The van der Waals surface area contributed by atoms with Gasteiger partial charge in [-0.1, -0.05) is 0 Å². The van der Waals surface area contributed by atoms with E-state index in [1.807, 2.05) is 25.5 Å². The molecule has 9 nitrogen and oxygen atoms in total. The first-order chi connectivity index (χ1) is 14.2. The number of anilines is 3. The Kier molecular flexibility index (Phi) is 5.63. The van der Waals surface area contributed by atoms with E-state index in [-0.39, 0.29) is 0 Å². The number of hydrogen-bond donors (Lipinski definition) is 3. The SMILES string of the molecule is Cn1cc(-c2cnc(Nc3ccc(C#N)nc3)nc2NCC2CCNCC2)cn1. The zero-order valence-electron chi connectivity index (χ0n) is 16.3. The zero-order valence-corrected chi connectivity index (χ0v) is 16.3. The Morgan fingerprint density at radius 2 is 2.07 bits per heavy atom. The number of nitriles is 1. The van der Waals surface area contributed by atoms with E-state index in [0.717, 1.165) is 55.1 Å². The smallest absolute Gasteiger partial charge is 0.229 e. The van der Waals surface area contributed by atoms with Crippen LogP contribution in [0, 0.1) is 17.2 Å². The normalized spacial score (nSPS) is 14.3. The molecule has 1 aliphatic heterocycles. The van der Waals surface area contributed by atoms with Crippen molar-refractivity contribution in [1.82, 2.24) is 30.0 Å². The van der Waals surface area contributed by atoms with E-state index in [0.29, 0.717) is 17.6 Å². The molecule has 0 unspecified atom stereocenters. The Morgan fingerprint density at radius 1 is 1.21 bits per heavy atom. The van der Waals surface area contributed by atoms with Crippen molar-refractivity contribution in [2.75, 3.05) is 30.3 Å². The van der Waals surface area contributed by atoms with Crippen molar-refractivity contribution in [3.8, 4) is 17.2 Å². The minimum atomic E-state index is 0.368. The van der Waals surface area contributed by atoms with E-state index in [9.17, 15) is 0 Å². The highest BCUT2D eigenvalue weighted by Gasteiger charge is 2.16. The summed E-state index contributed by atoms with van der Waals surface area (Å²) in [6, 6.07) is 5.45. The number of piperidine rings is 1. The van der Waals surface area contributed by atoms with Crippen LogP contribution in [0.3, 0.4) is 0 Å². The molecule has 1 saturated heterocycles. The van der Waals surface area contributed by atoms with Gasteiger partial charge in [0.1, 0.15) is 17.6 Å². The van der Waals surface area contributed by atoms with Gasteiger partial charge in [0, 0.05) is 37.1 Å². The maximum atomic E-state index is 8.89. The van der Waals surface area contributed by atoms with E-state index in [2.05, 4.69) is 31.0 Å². The molecule has 0 aliphatic carbocycles. The third kappa shape index (κ3) is 4.67. The minimum Gasteiger partial charge on any atom is -0.369 e. The van der Waals surface area contributed by atoms with Gasteiger partial charge in [0.15, 0.2) is 0 Å². The van der Waals surface area contributed by atoms with Crippen LogP contribution in [0.1, 0.15) is 18.5 Å². The summed E-state index contributed by atoms with van der Waals surface area (Å²) >= 11 is 0. The number of pyridine rings is 1. The maximum absolute atomic E-state index is 8.89. The molecule has 0 amide bonds. The predicted molar refractivity (Wildman–Crippen MR) is 111 cm³/mol. The van der Waals surface area contributed by atoms with Gasteiger partial charge in [0.2, 0.25) is 5.95 Å². The second-order valence-electron chi connectivity index (χ2n) is 7.10. The lowest BCUT2D eigenvalue weighted by Crippen LogP contribution is -2.31. The average molecular weight is 389 g/mol. The van der Waals surface area contributed by atoms with E-state index >= 15 is 0 Å². The molecular weight excluding hydrogens is 366 g/mol. The Hall–Kier alpha value is -3.51. The summed E-state index contributed by atoms with van der Waals surface area (Å²) in [6.45, 7) is 2.98. The van der Waals surface area contributed by atoms with Gasteiger partial charge in [-0.3, -0.25) is 4.68 Å². The van der Waals surface area contributed by atoms with Crippen LogP contribution in [0.5, 0.6) is 0 Å². The molecule has 0 radical (unpaired) electrons. The number of hydrogen-bond acceptors (Lipinski definition) is 8. The van der Waals surface area contributed by atoms with Crippen LogP contribution < -0.4 is 16.0 Å². The lowest BCUT2D eigenvalue weighted by Gasteiger charge is -2.23. The molecule has 1 aliphatic rings. The van der Waals surface area contributed by atoms with Crippen molar-refractivity contribution >= 4 is 17.5 Å². The first-order valence-corrected chi connectivity index (χ1v) is 9.65. The van der Waals surface area contributed by atoms with Gasteiger partial charge in [-0.15, -0.1) is 0 Å². The molecule has 0 saturated carbocycles. The third-order valence-electron chi connectivity index (χ3n) is 4.96. The lowest BCUT2D eigenvalue weighted by atomic mass is 9.98. The van der Waals surface area contributed by atoms with Crippen LogP contribution in [0.25, 0.3) is 11.1 Å². The predicted octanol–water partition coefficient (Wildman–Crippen LogP) is 2.30. The van der Waals surface area contributed by atoms with Crippen molar-refractivity contribution in [2.24, 2.45) is 13.0 Å². The van der Waals surface area contributed by atoms with Crippen molar-refractivity contribution in [2.45, 2.75) is 12.8 Å². The second-order valence-corrected chi connectivity index (χ2v) is 7.10. The third-order valence-corrected chi connectivity index (χ3v) is 4.96. The summed E-state index contributed by atoms with van der Waals surface area (Å²) in [5.41, 5.74) is 2.97. The molecule has 3 aromatic rings. The number of nitrogens with one attached hydrogen (secondary N) is 3. The van der Waals surface area contributed by atoms with Crippen LogP contribution in [0.4, 0.5) is 17.5 Å². The van der Waals surface area contributed by atoms with E-state index < -0.39 is 0 Å². The fourth-order valence-corrected chi connectivity index (χ4v) is 3.34. The molecular formula is C20H23N9. The minimum absolute atomic E-state index is 0.368. The highest BCUT2D eigenvalue weighted by Crippen LogP contribution is 2.27. The van der Waals surface area contributed by atoms with Crippen LogP contribution in [0.2, 0.25) is 0 Å². The Morgan fingerprint density at radius 3 is 2.76 bits per heavy atom. The van der Waals surface area contributed by atoms with Crippen molar-refractivity contribution in [3.63, 3.8) is 0 Å². The standard InChI is InChI=1S/C20H23N9/c1-29-13-15(10-26-29)18-12-25-20(27-17-3-2-16(8-21)23-11-17)28-19(18)24-9-14-4-6-22-7-5-14/h2-3,10-14,22H,4-7,9H2,1H3,(H2,24,25,27,28). The van der Waals surface area contributed by atoms with Gasteiger partial charge >= 0.3 is 0 Å². The fourth-order valence-electron chi connectivity index (χ4n) is 3.34. The molecule has 9 heteroatoms. The fraction of sp³-hybridized carbons (Fsp3) is 0.350. The molecule has 0 atom stereocenters. The highest BCUT2D eigenvalue weighted by molar-refractivity contribution is 5.74. The van der Waals surface area contributed by atoms with Crippen molar-refractivity contribution in [3.05, 3.63) is 42.6 Å². The van der Waals surface area contributed by atoms with Gasteiger partial charge in [0.05, 0.1) is 18.1 Å². The van der Waals surface area contributed by atoms with Crippen LogP contribution >= 0.6 is 0 Å². The number of aromatic nitrogens is 5. The monoisotopic (exact) mass is 389 g/mol. The summed E-state index contributed by atoms with van der Waals surface area (Å²) in [6.07, 6.45) is 9.47. The molecule has 0 bridgehead atoms. The molecule has 1 fully saturated rings. The van der Waals surface area contributed by atoms with Gasteiger partial charge in [-0.2, -0.15) is 15.3 Å². The van der Waals surface area contributed by atoms with E-state index in [1.54, 1.807) is 29.2 Å². The Labute approximate surface area is 169 Å². The lowest BCUT2D eigenvalue weighted by molar-refractivity contribution is 0.389. The Balaban J connectivity index is 1.57. The zero-order chi connectivity index (χ0) is 20.1. The topological polar surface area (TPSA) is 116 Å². The molecule has 4 rings (SSSR count). The molecule has 4 heterocycles. The van der Waals surface area contributed by atoms with Crippen molar-refractivity contribution < 1.29 is 0 Å². The van der Waals surface area contributed by atoms with Gasteiger partial charge in [0.25, 0.3) is 0 Å². The largest absolute Gasteiger partial charge is 0.369 e. The summed E-state index contributed by atoms with van der Waals surface area (Å²) in [5, 5.41) is 23.2. The molecule has 29 heavy (non-hydrogen) atoms. The van der Waals surface area contributed by atoms with Gasteiger partial charge in [-0.25, -0.2) is 9.97 Å². The van der Waals surface area contributed by atoms with E-state index in [4.69, 9.17) is 10.2 Å². The summed E-state index contributed by atoms with van der Waals surface area (Å²) in [4.78, 5) is 13.2. The summed E-state index contributed by atoms with van der Waals surface area (Å²) in [7, 11) is 1.89. The molecule has 3 N–H and O–H groups in total. The molecule has 0 aromatic carbocycles. The number of rotatable bonds is 6. The summed E-state index contributed by atoms with van der Waals surface area (Å²) < 4.78 is 1.76. The Bertz CT molecular complexity index is 998.